The van der Waals surface area contributed by atoms with Gasteiger partial charge in [-0.25, -0.2) is 0 Å². The Morgan fingerprint density at radius 1 is 0.941 bits per heavy atom. The molecule has 0 unspecified atom stereocenters. The van der Waals surface area contributed by atoms with Crippen molar-refractivity contribution >= 4 is 8.56 Å². The molecule has 0 aromatic heterocycles. The van der Waals surface area contributed by atoms with Crippen LogP contribution in [0.2, 0.25) is 11.6 Å². The topological polar surface area (TPSA) is 18.5 Å². The van der Waals surface area contributed by atoms with Gasteiger partial charge in [0.2, 0.25) is 0 Å². The maximum absolute atomic E-state index is 5.92. The van der Waals surface area contributed by atoms with Crippen LogP contribution in [0.4, 0.5) is 0 Å². The molecule has 102 valence electrons. The molecule has 0 heterocycles. The standard InChI is InChI=1S/C14H30O2Si/c1-4-5-6-10-13-17(15-2,16-3)14-11-8-7-9-12-14/h14H,4-13H2,1-3H3. The molecule has 0 N–H and O–H groups in total. The molecule has 1 rings (SSSR count). The Hall–Kier alpha value is 0.137. The van der Waals surface area contributed by atoms with Crippen LogP contribution in [0, 0.1) is 0 Å². The van der Waals surface area contributed by atoms with E-state index in [2.05, 4.69) is 6.92 Å². The molecule has 0 bridgehead atoms. The predicted molar refractivity (Wildman–Crippen MR) is 75.6 cm³/mol. The van der Waals surface area contributed by atoms with Crippen LogP contribution >= 0.6 is 0 Å². The molecule has 17 heavy (non-hydrogen) atoms. The van der Waals surface area contributed by atoms with Gasteiger partial charge < -0.3 is 8.85 Å². The van der Waals surface area contributed by atoms with E-state index in [1.54, 1.807) is 0 Å². The Kier molecular flexibility index (Phi) is 7.40. The van der Waals surface area contributed by atoms with E-state index in [1.807, 2.05) is 14.2 Å². The molecule has 3 heteroatoms. The van der Waals surface area contributed by atoms with Gasteiger partial charge in [-0.1, -0.05) is 51.9 Å². The van der Waals surface area contributed by atoms with Crippen LogP contribution in [0.3, 0.4) is 0 Å². The summed E-state index contributed by atoms with van der Waals surface area (Å²) < 4.78 is 11.8. The molecule has 1 saturated carbocycles. The third-order valence-corrected chi connectivity index (χ3v) is 8.55. The van der Waals surface area contributed by atoms with Crippen LogP contribution < -0.4 is 0 Å². The molecule has 0 atom stereocenters. The lowest BCUT2D eigenvalue weighted by Crippen LogP contribution is -2.45. The molecule has 1 aliphatic rings. The van der Waals surface area contributed by atoms with Gasteiger partial charge in [0.25, 0.3) is 0 Å². The SMILES string of the molecule is CCCCCC[Si](OC)(OC)C1CCCCC1. The van der Waals surface area contributed by atoms with E-state index >= 15 is 0 Å². The van der Waals surface area contributed by atoms with Crippen molar-refractivity contribution < 1.29 is 8.85 Å². The Labute approximate surface area is 108 Å². The average Bonchev–Trinajstić information content (AvgIpc) is 2.41. The van der Waals surface area contributed by atoms with Crippen LogP contribution in [0.1, 0.15) is 64.7 Å². The number of unbranched alkanes of at least 4 members (excludes halogenated alkanes) is 3. The first kappa shape index (κ1) is 15.2. The van der Waals surface area contributed by atoms with Crippen LogP contribution in [-0.4, -0.2) is 22.8 Å². The molecule has 0 spiro atoms. The first-order chi connectivity index (χ1) is 8.29. The molecule has 1 aliphatic carbocycles. The molecular weight excluding hydrogens is 228 g/mol. The average molecular weight is 258 g/mol. The van der Waals surface area contributed by atoms with Gasteiger partial charge in [-0.2, -0.15) is 0 Å². The largest absolute Gasteiger partial charge is 0.397 e. The Morgan fingerprint density at radius 3 is 2.12 bits per heavy atom. The van der Waals surface area contributed by atoms with Crippen molar-refractivity contribution in [2.75, 3.05) is 14.2 Å². The summed E-state index contributed by atoms with van der Waals surface area (Å²) in [6.45, 7) is 2.26. The first-order valence-electron chi connectivity index (χ1n) is 7.39. The molecule has 0 amide bonds. The van der Waals surface area contributed by atoms with Crippen molar-refractivity contribution in [2.45, 2.75) is 76.3 Å². The lowest BCUT2D eigenvalue weighted by Gasteiger charge is -2.37. The molecule has 1 fully saturated rings. The summed E-state index contributed by atoms with van der Waals surface area (Å²) in [5, 5.41) is 0. The lowest BCUT2D eigenvalue weighted by molar-refractivity contribution is 0.215. The minimum absolute atomic E-state index is 0.743. The van der Waals surface area contributed by atoms with Crippen molar-refractivity contribution in [3.63, 3.8) is 0 Å². The van der Waals surface area contributed by atoms with Crippen molar-refractivity contribution in [1.82, 2.24) is 0 Å². The fourth-order valence-electron chi connectivity index (χ4n) is 3.17. The highest BCUT2D eigenvalue weighted by Crippen LogP contribution is 2.40. The molecule has 0 aromatic carbocycles. The zero-order valence-electron chi connectivity index (χ0n) is 12.0. The monoisotopic (exact) mass is 258 g/mol. The third-order valence-electron chi connectivity index (χ3n) is 4.30. The summed E-state index contributed by atoms with van der Waals surface area (Å²) in [5.74, 6) is 0. The van der Waals surface area contributed by atoms with Crippen LogP contribution in [0.25, 0.3) is 0 Å². The van der Waals surface area contributed by atoms with E-state index in [0.717, 1.165) is 5.54 Å². The van der Waals surface area contributed by atoms with Gasteiger partial charge in [0.15, 0.2) is 0 Å². The highest BCUT2D eigenvalue weighted by atomic mass is 28.4. The highest BCUT2D eigenvalue weighted by molar-refractivity contribution is 6.69. The predicted octanol–water partition coefficient (Wildman–Crippen LogP) is 4.64. The van der Waals surface area contributed by atoms with Crippen molar-refractivity contribution in [3.8, 4) is 0 Å². The molecule has 0 aliphatic heterocycles. The van der Waals surface area contributed by atoms with Gasteiger partial charge in [0, 0.05) is 19.8 Å². The summed E-state index contributed by atoms with van der Waals surface area (Å²) in [4.78, 5) is 0. The summed E-state index contributed by atoms with van der Waals surface area (Å²) in [7, 11) is 1.87. The molecule has 2 nitrogen and oxygen atoms in total. The van der Waals surface area contributed by atoms with E-state index in [4.69, 9.17) is 8.85 Å². The summed E-state index contributed by atoms with van der Waals surface area (Å²) in [6, 6.07) is 1.20. The number of hydrogen-bond acceptors (Lipinski definition) is 2. The maximum atomic E-state index is 5.92. The van der Waals surface area contributed by atoms with Crippen LogP contribution in [-0.2, 0) is 8.85 Å². The Bertz CT molecular complexity index is 187. The fourth-order valence-corrected chi connectivity index (χ4v) is 6.85. The first-order valence-corrected chi connectivity index (χ1v) is 9.49. The fraction of sp³-hybridized carbons (Fsp3) is 1.00. The lowest BCUT2D eigenvalue weighted by atomic mass is 10.0. The molecular formula is C14H30O2Si. The second-order valence-corrected chi connectivity index (χ2v) is 9.12. The number of hydrogen-bond donors (Lipinski definition) is 0. The van der Waals surface area contributed by atoms with Gasteiger partial charge in [0.05, 0.1) is 0 Å². The summed E-state index contributed by atoms with van der Waals surface area (Å²) in [6.07, 6.45) is 12.1. The second-order valence-electron chi connectivity index (χ2n) is 5.37. The summed E-state index contributed by atoms with van der Waals surface area (Å²) >= 11 is 0. The summed E-state index contributed by atoms with van der Waals surface area (Å²) in [5.41, 5.74) is 0.743. The van der Waals surface area contributed by atoms with E-state index in [9.17, 15) is 0 Å². The zero-order valence-corrected chi connectivity index (χ0v) is 13.0. The van der Waals surface area contributed by atoms with Crippen molar-refractivity contribution in [3.05, 3.63) is 0 Å². The smallest absolute Gasteiger partial charge is 0.340 e. The quantitative estimate of drug-likeness (QED) is 0.466. The van der Waals surface area contributed by atoms with Gasteiger partial charge in [0.1, 0.15) is 0 Å². The molecule has 0 saturated heterocycles. The van der Waals surface area contributed by atoms with Crippen LogP contribution in [0.5, 0.6) is 0 Å². The van der Waals surface area contributed by atoms with Crippen molar-refractivity contribution in [1.29, 1.82) is 0 Å². The van der Waals surface area contributed by atoms with Gasteiger partial charge in [-0.3, -0.25) is 0 Å². The minimum Gasteiger partial charge on any atom is -0.397 e. The zero-order chi connectivity index (χ0) is 12.6. The van der Waals surface area contributed by atoms with E-state index in [-0.39, 0.29) is 0 Å². The van der Waals surface area contributed by atoms with Gasteiger partial charge in [-0.05, 0) is 18.9 Å². The van der Waals surface area contributed by atoms with Crippen molar-refractivity contribution in [2.24, 2.45) is 0 Å². The third kappa shape index (κ3) is 4.38. The Morgan fingerprint density at radius 2 is 1.59 bits per heavy atom. The molecule has 0 aromatic rings. The Balaban J connectivity index is 2.47. The highest BCUT2D eigenvalue weighted by Gasteiger charge is 2.43. The maximum Gasteiger partial charge on any atom is 0.340 e. The van der Waals surface area contributed by atoms with Gasteiger partial charge >= 0.3 is 8.56 Å². The van der Waals surface area contributed by atoms with Crippen LogP contribution in [0.15, 0.2) is 0 Å². The van der Waals surface area contributed by atoms with E-state index in [0.29, 0.717) is 0 Å². The van der Waals surface area contributed by atoms with Gasteiger partial charge in [-0.15, -0.1) is 0 Å². The number of rotatable bonds is 8. The van der Waals surface area contributed by atoms with E-state index in [1.165, 1.54) is 63.8 Å². The van der Waals surface area contributed by atoms with E-state index < -0.39 is 8.56 Å². The second kappa shape index (κ2) is 8.28. The molecule has 0 radical (unpaired) electrons. The normalized spacial score (nSPS) is 18.5. The minimum atomic E-state index is -1.89.